The molecule has 0 bridgehead atoms. The Balaban J connectivity index is 1.97. The predicted octanol–water partition coefficient (Wildman–Crippen LogP) is -0.0796. The van der Waals surface area contributed by atoms with Crippen LogP contribution in [-0.2, 0) is 0 Å². The molecule has 0 aromatic carbocycles. The second-order valence-corrected chi connectivity index (χ2v) is 3.43. The van der Waals surface area contributed by atoms with E-state index in [1.807, 2.05) is 11.8 Å². The minimum absolute atomic E-state index is 0.733. The fraction of sp³-hybridized carbons (Fsp3) is 1.00. The van der Waals surface area contributed by atoms with Crippen molar-refractivity contribution in [2.24, 2.45) is 0 Å². The predicted molar refractivity (Wildman–Crippen MR) is 35.8 cm³/mol. The fourth-order valence-electron chi connectivity index (χ4n) is 1.22. The van der Waals surface area contributed by atoms with Gasteiger partial charge in [0.1, 0.15) is 0 Å². The topological polar surface area (TPSA) is 15.0 Å². The van der Waals surface area contributed by atoms with Gasteiger partial charge < -0.3 is 0 Å². The molecule has 0 aliphatic carbocycles. The van der Waals surface area contributed by atoms with E-state index in [1.54, 1.807) is 0 Å². The summed E-state index contributed by atoms with van der Waals surface area (Å²) in [6.45, 7) is 0. The van der Waals surface area contributed by atoms with Gasteiger partial charge in [0.05, 0.1) is 6.17 Å². The van der Waals surface area contributed by atoms with E-state index < -0.39 is 0 Å². The maximum atomic E-state index is 3.39. The summed E-state index contributed by atoms with van der Waals surface area (Å²) in [5.74, 6) is 2.47. The maximum absolute atomic E-state index is 3.39. The molecule has 3 heteroatoms. The van der Waals surface area contributed by atoms with Crippen LogP contribution < -0.4 is 5.32 Å². The van der Waals surface area contributed by atoms with Crippen LogP contribution in [0, 0.1) is 0 Å². The molecule has 0 amide bonds. The van der Waals surface area contributed by atoms with Crippen molar-refractivity contribution in [1.29, 1.82) is 0 Å². The Morgan fingerprint density at radius 3 is 3.12 bits per heavy atom. The van der Waals surface area contributed by atoms with Gasteiger partial charge in [-0.2, -0.15) is 0 Å². The Morgan fingerprint density at radius 1 is 1.75 bits per heavy atom. The molecule has 2 aliphatic rings. The zero-order valence-electron chi connectivity index (χ0n) is 4.92. The molecule has 0 saturated carbocycles. The Bertz CT molecular complexity index is 94.6. The molecular weight excluding hydrogens is 120 g/mol. The van der Waals surface area contributed by atoms with Crippen molar-refractivity contribution in [2.75, 3.05) is 18.7 Å². The Morgan fingerprint density at radius 2 is 2.62 bits per heavy atom. The number of hydrogen-bond acceptors (Lipinski definition) is 3. The average molecular weight is 130 g/mol. The summed E-state index contributed by atoms with van der Waals surface area (Å²) in [6.07, 6.45) is 0.733. The van der Waals surface area contributed by atoms with Crippen molar-refractivity contribution < 1.29 is 0 Å². The van der Waals surface area contributed by atoms with Gasteiger partial charge in [0.15, 0.2) is 0 Å². The van der Waals surface area contributed by atoms with Crippen molar-refractivity contribution in [3.63, 3.8) is 0 Å². The molecule has 3 atom stereocenters. The molecule has 2 nitrogen and oxygen atoms in total. The van der Waals surface area contributed by atoms with E-state index in [0.717, 1.165) is 18.1 Å². The summed E-state index contributed by atoms with van der Waals surface area (Å²) in [4.78, 5) is 2.38. The smallest absolute Gasteiger partial charge is 0.0773 e. The molecule has 2 heterocycles. The summed E-state index contributed by atoms with van der Waals surface area (Å²) >= 11 is 2.00. The van der Waals surface area contributed by atoms with Crippen LogP contribution in [0.5, 0.6) is 0 Å². The Hall–Kier alpha value is 0.270. The summed E-state index contributed by atoms with van der Waals surface area (Å²) in [5, 5.41) is 3.39. The lowest BCUT2D eigenvalue weighted by Crippen LogP contribution is -2.25. The van der Waals surface area contributed by atoms with Gasteiger partial charge in [-0.1, -0.05) is 0 Å². The average Bonchev–Trinajstić information content (AvgIpc) is 2.46. The first-order chi connectivity index (χ1) is 3.89. The number of nitrogens with one attached hydrogen (secondary N) is 1. The molecule has 3 unspecified atom stereocenters. The van der Waals surface area contributed by atoms with Crippen molar-refractivity contribution in [3.05, 3.63) is 0 Å². The molecule has 0 radical (unpaired) electrons. The molecule has 8 heavy (non-hydrogen) atoms. The molecule has 2 rings (SSSR count). The van der Waals surface area contributed by atoms with Crippen molar-refractivity contribution in [1.82, 2.24) is 10.2 Å². The van der Waals surface area contributed by atoms with Crippen LogP contribution in [-0.4, -0.2) is 35.8 Å². The summed E-state index contributed by atoms with van der Waals surface area (Å²) < 4.78 is 0. The van der Waals surface area contributed by atoms with E-state index in [4.69, 9.17) is 0 Å². The summed E-state index contributed by atoms with van der Waals surface area (Å²) in [5.41, 5.74) is 0. The normalized spacial score (nSPS) is 52.9. The van der Waals surface area contributed by atoms with Crippen molar-refractivity contribution >= 4 is 11.8 Å². The molecule has 2 saturated heterocycles. The molecule has 2 fully saturated rings. The van der Waals surface area contributed by atoms with Crippen LogP contribution in [0.15, 0.2) is 0 Å². The zero-order chi connectivity index (χ0) is 5.56. The van der Waals surface area contributed by atoms with E-state index in [2.05, 4.69) is 17.3 Å². The number of likely N-dealkylation sites (N-methyl/N-ethyl adjacent to an activating group) is 1. The lowest BCUT2D eigenvalue weighted by Gasteiger charge is -2.05. The minimum Gasteiger partial charge on any atom is -0.291 e. The SMILES string of the molecule is CN1C2CSCNC21. The van der Waals surface area contributed by atoms with Gasteiger partial charge in [-0.05, 0) is 7.05 Å². The van der Waals surface area contributed by atoms with Gasteiger partial charge >= 0.3 is 0 Å². The zero-order valence-corrected chi connectivity index (χ0v) is 5.74. The second kappa shape index (κ2) is 1.62. The highest BCUT2D eigenvalue weighted by Crippen LogP contribution is 2.30. The van der Waals surface area contributed by atoms with E-state index in [0.29, 0.717) is 0 Å². The molecule has 46 valence electrons. The third-order valence-electron chi connectivity index (χ3n) is 1.92. The number of hydrogen-bond donors (Lipinski definition) is 1. The van der Waals surface area contributed by atoms with Gasteiger partial charge in [0.25, 0.3) is 0 Å². The third-order valence-corrected chi connectivity index (χ3v) is 2.87. The molecular formula is C5H10N2S. The lowest BCUT2D eigenvalue weighted by molar-refractivity contribution is 0.559. The van der Waals surface area contributed by atoms with Gasteiger partial charge in [-0.25, -0.2) is 0 Å². The fourth-order valence-corrected chi connectivity index (χ4v) is 2.28. The monoisotopic (exact) mass is 130 g/mol. The highest BCUT2D eigenvalue weighted by molar-refractivity contribution is 7.99. The Kier molecular flexibility index (Phi) is 1.03. The minimum atomic E-state index is 0.733. The van der Waals surface area contributed by atoms with Crippen LogP contribution in [0.4, 0.5) is 0 Å². The molecule has 0 aromatic rings. The van der Waals surface area contributed by atoms with E-state index in [1.165, 1.54) is 5.75 Å². The quantitative estimate of drug-likeness (QED) is 0.462. The van der Waals surface area contributed by atoms with Crippen LogP contribution >= 0.6 is 11.8 Å². The first-order valence-electron chi connectivity index (χ1n) is 2.92. The molecule has 1 N–H and O–H groups in total. The number of rotatable bonds is 0. The number of nitrogens with zero attached hydrogens (tertiary/aromatic N) is 1. The molecule has 2 aliphatic heterocycles. The lowest BCUT2D eigenvalue weighted by atomic mass is 10.5. The highest BCUT2D eigenvalue weighted by Gasteiger charge is 2.45. The van der Waals surface area contributed by atoms with Gasteiger partial charge in [0.2, 0.25) is 0 Å². The van der Waals surface area contributed by atoms with Crippen LogP contribution in [0.25, 0.3) is 0 Å². The number of thioether (sulfide) groups is 1. The van der Waals surface area contributed by atoms with Crippen molar-refractivity contribution in [3.8, 4) is 0 Å². The second-order valence-electron chi connectivity index (χ2n) is 2.40. The number of fused-ring (bicyclic) bond motifs is 1. The van der Waals surface area contributed by atoms with Gasteiger partial charge in [0, 0.05) is 17.7 Å². The molecule has 0 aromatic heterocycles. The standard InChI is InChI=1S/C5H10N2S/c1-7-4-2-8-3-6-5(4)7/h4-6H,2-3H2,1H3. The summed E-state index contributed by atoms with van der Waals surface area (Å²) in [6, 6.07) is 0.855. The highest BCUT2D eigenvalue weighted by atomic mass is 32.2. The summed E-state index contributed by atoms with van der Waals surface area (Å²) in [7, 11) is 2.17. The molecule has 0 spiro atoms. The van der Waals surface area contributed by atoms with E-state index >= 15 is 0 Å². The van der Waals surface area contributed by atoms with E-state index in [9.17, 15) is 0 Å². The first-order valence-corrected chi connectivity index (χ1v) is 4.08. The maximum Gasteiger partial charge on any atom is 0.0773 e. The van der Waals surface area contributed by atoms with Crippen LogP contribution in [0.2, 0.25) is 0 Å². The van der Waals surface area contributed by atoms with Crippen LogP contribution in [0.1, 0.15) is 0 Å². The third kappa shape index (κ3) is 0.584. The largest absolute Gasteiger partial charge is 0.291 e. The van der Waals surface area contributed by atoms with E-state index in [-0.39, 0.29) is 0 Å². The van der Waals surface area contributed by atoms with Gasteiger partial charge in [-0.3, -0.25) is 10.2 Å². The van der Waals surface area contributed by atoms with Crippen LogP contribution in [0.3, 0.4) is 0 Å². The van der Waals surface area contributed by atoms with Gasteiger partial charge in [-0.15, -0.1) is 11.8 Å². The first kappa shape index (κ1) is 5.09. The Labute approximate surface area is 53.6 Å². The van der Waals surface area contributed by atoms with Crippen molar-refractivity contribution in [2.45, 2.75) is 12.2 Å².